The zero-order valence-electron chi connectivity index (χ0n) is 6.32. The zero-order chi connectivity index (χ0) is 8.10. The standard InChI is InChI=1S/C7H12N2O2/c8-7(10)1-2-9-3-5-11-6-4-9/h1-2H,3-6H2,(H2,8,10)/b2-1+. The van der Waals surface area contributed by atoms with E-state index in [1.165, 1.54) is 6.08 Å². The van der Waals surface area contributed by atoms with Crippen molar-refractivity contribution in [3.8, 4) is 0 Å². The first-order valence-electron chi connectivity index (χ1n) is 3.58. The second kappa shape index (κ2) is 3.98. The monoisotopic (exact) mass is 156 g/mol. The summed E-state index contributed by atoms with van der Waals surface area (Å²) in [7, 11) is 0. The van der Waals surface area contributed by atoms with Crippen molar-refractivity contribution in [2.45, 2.75) is 0 Å². The zero-order valence-corrected chi connectivity index (χ0v) is 6.32. The molecule has 0 aromatic carbocycles. The Kier molecular flexibility index (Phi) is 2.92. The molecule has 0 aromatic heterocycles. The van der Waals surface area contributed by atoms with Gasteiger partial charge in [0.1, 0.15) is 0 Å². The van der Waals surface area contributed by atoms with Gasteiger partial charge in [-0.1, -0.05) is 0 Å². The second-order valence-corrected chi connectivity index (χ2v) is 2.37. The fraction of sp³-hybridized carbons (Fsp3) is 0.571. The minimum Gasteiger partial charge on any atom is -0.378 e. The molecular weight excluding hydrogens is 144 g/mol. The van der Waals surface area contributed by atoms with Crippen molar-refractivity contribution in [1.29, 1.82) is 0 Å². The van der Waals surface area contributed by atoms with Crippen LogP contribution in [-0.4, -0.2) is 37.1 Å². The molecule has 0 aliphatic carbocycles. The van der Waals surface area contributed by atoms with Crippen LogP contribution in [0.15, 0.2) is 12.3 Å². The number of nitrogens with zero attached hydrogens (tertiary/aromatic N) is 1. The maximum absolute atomic E-state index is 10.3. The average Bonchev–Trinajstić information content (AvgIpc) is 2.03. The Morgan fingerprint density at radius 3 is 2.64 bits per heavy atom. The van der Waals surface area contributed by atoms with Gasteiger partial charge >= 0.3 is 0 Å². The summed E-state index contributed by atoms with van der Waals surface area (Å²) in [5, 5.41) is 0. The molecule has 4 nitrogen and oxygen atoms in total. The molecule has 0 saturated carbocycles. The lowest BCUT2D eigenvalue weighted by Gasteiger charge is -2.24. The number of ether oxygens (including phenoxy) is 1. The Hall–Kier alpha value is -1.03. The highest BCUT2D eigenvalue weighted by molar-refractivity contribution is 5.85. The minimum absolute atomic E-state index is 0.406. The van der Waals surface area contributed by atoms with Gasteiger partial charge in [-0.15, -0.1) is 0 Å². The Bertz CT molecular complexity index is 162. The van der Waals surface area contributed by atoms with Crippen molar-refractivity contribution in [3.63, 3.8) is 0 Å². The maximum Gasteiger partial charge on any atom is 0.242 e. The Labute approximate surface area is 65.6 Å². The van der Waals surface area contributed by atoms with Crippen molar-refractivity contribution in [2.75, 3.05) is 26.3 Å². The van der Waals surface area contributed by atoms with Gasteiger partial charge < -0.3 is 15.4 Å². The third-order valence-electron chi connectivity index (χ3n) is 1.50. The first-order valence-corrected chi connectivity index (χ1v) is 3.58. The molecule has 0 unspecified atom stereocenters. The van der Waals surface area contributed by atoms with Crippen LogP contribution in [0.1, 0.15) is 0 Å². The third kappa shape index (κ3) is 3.04. The smallest absolute Gasteiger partial charge is 0.242 e. The van der Waals surface area contributed by atoms with Crippen LogP contribution in [0.5, 0.6) is 0 Å². The Balaban J connectivity index is 2.29. The number of carbonyl (C=O) groups is 1. The van der Waals surface area contributed by atoms with Crippen LogP contribution in [0.25, 0.3) is 0 Å². The van der Waals surface area contributed by atoms with Gasteiger partial charge in [0.05, 0.1) is 13.2 Å². The van der Waals surface area contributed by atoms with Crippen LogP contribution in [-0.2, 0) is 9.53 Å². The number of hydrogen-bond donors (Lipinski definition) is 1. The van der Waals surface area contributed by atoms with Crippen LogP contribution in [0.3, 0.4) is 0 Å². The molecule has 1 aliphatic rings. The van der Waals surface area contributed by atoms with Crippen molar-refractivity contribution in [2.24, 2.45) is 5.73 Å². The molecule has 0 spiro atoms. The van der Waals surface area contributed by atoms with Gasteiger partial charge in [-0.3, -0.25) is 4.79 Å². The first-order chi connectivity index (χ1) is 5.29. The highest BCUT2D eigenvalue weighted by Crippen LogP contribution is 1.96. The van der Waals surface area contributed by atoms with Crippen LogP contribution < -0.4 is 5.73 Å². The van der Waals surface area contributed by atoms with Crippen molar-refractivity contribution < 1.29 is 9.53 Å². The van der Waals surface area contributed by atoms with Crippen LogP contribution in [0.2, 0.25) is 0 Å². The fourth-order valence-corrected chi connectivity index (χ4v) is 0.905. The van der Waals surface area contributed by atoms with Gasteiger partial charge in [0.2, 0.25) is 5.91 Å². The van der Waals surface area contributed by atoms with Crippen LogP contribution in [0.4, 0.5) is 0 Å². The fourth-order valence-electron chi connectivity index (χ4n) is 0.905. The van der Waals surface area contributed by atoms with Gasteiger partial charge in [0, 0.05) is 25.4 Å². The van der Waals surface area contributed by atoms with Gasteiger partial charge in [0.25, 0.3) is 0 Å². The summed E-state index contributed by atoms with van der Waals surface area (Å²) in [6, 6.07) is 0. The van der Waals surface area contributed by atoms with Crippen molar-refractivity contribution >= 4 is 5.91 Å². The molecule has 0 radical (unpaired) electrons. The molecule has 0 bridgehead atoms. The molecule has 4 heteroatoms. The average molecular weight is 156 g/mol. The summed E-state index contributed by atoms with van der Waals surface area (Å²) in [6.07, 6.45) is 3.08. The number of rotatable bonds is 2. The summed E-state index contributed by atoms with van der Waals surface area (Å²) < 4.78 is 5.11. The molecular formula is C7H12N2O2. The summed E-state index contributed by atoms with van der Waals surface area (Å²) in [4.78, 5) is 12.3. The molecule has 1 rings (SSSR count). The summed E-state index contributed by atoms with van der Waals surface area (Å²) >= 11 is 0. The third-order valence-corrected chi connectivity index (χ3v) is 1.50. The molecule has 1 saturated heterocycles. The van der Waals surface area contributed by atoms with E-state index in [9.17, 15) is 4.79 Å². The number of morpholine rings is 1. The summed E-state index contributed by atoms with van der Waals surface area (Å²) in [5.74, 6) is -0.406. The molecule has 11 heavy (non-hydrogen) atoms. The largest absolute Gasteiger partial charge is 0.378 e. The lowest BCUT2D eigenvalue weighted by molar-refractivity contribution is -0.113. The van der Waals surface area contributed by atoms with Crippen LogP contribution >= 0.6 is 0 Å². The molecule has 2 N–H and O–H groups in total. The number of hydrogen-bond acceptors (Lipinski definition) is 3. The van der Waals surface area contributed by atoms with E-state index < -0.39 is 5.91 Å². The van der Waals surface area contributed by atoms with Crippen molar-refractivity contribution in [3.05, 3.63) is 12.3 Å². The van der Waals surface area contributed by atoms with E-state index in [1.54, 1.807) is 6.20 Å². The van der Waals surface area contributed by atoms with Gasteiger partial charge in [0.15, 0.2) is 0 Å². The molecule has 0 atom stereocenters. The molecule has 1 fully saturated rings. The first kappa shape index (κ1) is 8.07. The Morgan fingerprint density at radius 1 is 1.45 bits per heavy atom. The van der Waals surface area contributed by atoms with E-state index in [0.717, 1.165) is 26.3 Å². The van der Waals surface area contributed by atoms with E-state index in [0.29, 0.717) is 0 Å². The second-order valence-electron chi connectivity index (χ2n) is 2.37. The van der Waals surface area contributed by atoms with Crippen molar-refractivity contribution in [1.82, 2.24) is 4.90 Å². The number of nitrogens with two attached hydrogens (primary N) is 1. The van der Waals surface area contributed by atoms with E-state index >= 15 is 0 Å². The number of amides is 1. The molecule has 1 aliphatic heterocycles. The highest BCUT2D eigenvalue weighted by atomic mass is 16.5. The summed E-state index contributed by atoms with van der Waals surface area (Å²) in [5.41, 5.74) is 4.93. The SMILES string of the molecule is NC(=O)/C=C/N1CCOCC1. The topological polar surface area (TPSA) is 55.6 Å². The molecule has 0 aromatic rings. The number of carbonyl (C=O) groups excluding carboxylic acids is 1. The number of primary amides is 1. The van der Waals surface area contributed by atoms with E-state index in [1.807, 2.05) is 4.90 Å². The Morgan fingerprint density at radius 2 is 2.09 bits per heavy atom. The summed E-state index contributed by atoms with van der Waals surface area (Å²) in [6.45, 7) is 3.12. The van der Waals surface area contributed by atoms with Gasteiger partial charge in [-0.25, -0.2) is 0 Å². The molecule has 62 valence electrons. The van der Waals surface area contributed by atoms with Gasteiger partial charge in [-0.05, 0) is 0 Å². The molecule has 1 heterocycles. The minimum atomic E-state index is -0.406. The van der Waals surface area contributed by atoms with E-state index in [2.05, 4.69) is 0 Å². The quantitative estimate of drug-likeness (QED) is 0.539. The lowest BCUT2D eigenvalue weighted by atomic mass is 10.4. The highest BCUT2D eigenvalue weighted by Gasteiger charge is 2.04. The van der Waals surface area contributed by atoms with E-state index in [4.69, 9.17) is 10.5 Å². The maximum atomic E-state index is 10.3. The predicted octanol–water partition coefficient (Wildman–Crippen LogP) is -0.682. The molecule has 1 amide bonds. The lowest BCUT2D eigenvalue weighted by Crippen LogP contribution is -2.32. The van der Waals surface area contributed by atoms with Crippen LogP contribution in [0, 0.1) is 0 Å². The van der Waals surface area contributed by atoms with E-state index in [-0.39, 0.29) is 0 Å². The predicted molar refractivity (Wildman–Crippen MR) is 40.7 cm³/mol. The van der Waals surface area contributed by atoms with Gasteiger partial charge in [-0.2, -0.15) is 0 Å². The normalized spacial score (nSPS) is 19.1.